The Kier molecular flexibility index (Phi) is 9.05. The second-order valence-electron chi connectivity index (χ2n) is 11.9. The minimum absolute atomic E-state index is 0.0236. The Balaban J connectivity index is 0.998. The number of methoxy groups -OCH3 is 1. The maximum Gasteiger partial charge on any atom is 0.227 e. The van der Waals surface area contributed by atoms with Gasteiger partial charge in [0.05, 0.1) is 24.3 Å². The molecule has 6 rings (SSSR count). The molecule has 1 aliphatic carbocycles. The third kappa shape index (κ3) is 6.75. The number of rotatable bonds is 6. The summed E-state index contributed by atoms with van der Waals surface area (Å²) in [4.78, 5) is 24.6. The monoisotopic (exact) mass is 624 g/mol. The van der Waals surface area contributed by atoms with Crippen LogP contribution in [-0.4, -0.2) is 88.4 Å². The molecule has 3 aromatic rings. The fourth-order valence-electron chi connectivity index (χ4n) is 6.81. The second-order valence-corrected chi connectivity index (χ2v) is 12.8. The summed E-state index contributed by atoms with van der Waals surface area (Å²) in [5.74, 6) is 1.64. The first-order valence-corrected chi connectivity index (χ1v) is 15.9. The first kappa shape index (κ1) is 30.1. The van der Waals surface area contributed by atoms with Crippen LogP contribution in [0.5, 0.6) is 5.88 Å². The number of piperidine rings is 1. The third-order valence-electron chi connectivity index (χ3n) is 9.31. The van der Waals surface area contributed by atoms with Crippen LogP contribution < -0.4 is 9.64 Å². The quantitative estimate of drug-likeness (QED) is 0.407. The number of amides is 1. The summed E-state index contributed by atoms with van der Waals surface area (Å²) < 4.78 is 5.16. The van der Waals surface area contributed by atoms with Gasteiger partial charge in [-0.15, -0.1) is 10.2 Å². The zero-order valence-corrected chi connectivity index (χ0v) is 26.0. The Morgan fingerprint density at radius 3 is 2.33 bits per heavy atom. The van der Waals surface area contributed by atoms with Crippen molar-refractivity contribution in [2.75, 3.05) is 51.3 Å². The molecule has 3 aliphatic rings. The lowest BCUT2D eigenvalue weighted by Crippen LogP contribution is -2.54. The number of hydrogen-bond donors (Lipinski definition) is 1. The fraction of sp³-hybridized carbons (Fsp3) is 0.500. The normalized spacial score (nSPS) is 25.0. The van der Waals surface area contributed by atoms with Crippen LogP contribution in [0.4, 0.5) is 5.82 Å². The molecule has 9 nitrogen and oxygen atoms in total. The highest BCUT2D eigenvalue weighted by atomic mass is 35.5. The molecular formula is C32H38Cl2N6O3. The Morgan fingerprint density at radius 1 is 0.953 bits per heavy atom. The summed E-state index contributed by atoms with van der Waals surface area (Å²) in [5, 5.41) is 21.3. The van der Waals surface area contributed by atoms with E-state index in [0.717, 1.165) is 68.8 Å². The van der Waals surface area contributed by atoms with Gasteiger partial charge in [-0.2, -0.15) is 0 Å². The zero-order valence-electron chi connectivity index (χ0n) is 24.5. The van der Waals surface area contributed by atoms with Gasteiger partial charge in [0.15, 0.2) is 5.82 Å². The van der Waals surface area contributed by atoms with Gasteiger partial charge in [0.2, 0.25) is 11.8 Å². The lowest BCUT2D eigenvalue weighted by atomic mass is 9.77. The Morgan fingerprint density at radius 2 is 1.70 bits per heavy atom. The van der Waals surface area contributed by atoms with E-state index in [0.29, 0.717) is 53.6 Å². The van der Waals surface area contributed by atoms with Crippen molar-refractivity contribution in [1.29, 1.82) is 0 Å². The molecule has 1 atom stereocenters. The predicted molar refractivity (Wildman–Crippen MR) is 168 cm³/mol. The van der Waals surface area contributed by atoms with Gasteiger partial charge in [-0.05, 0) is 81.5 Å². The first-order valence-electron chi connectivity index (χ1n) is 15.1. The van der Waals surface area contributed by atoms with E-state index in [4.69, 9.17) is 27.9 Å². The van der Waals surface area contributed by atoms with E-state index in [1.807, 2.05) is 41.3 Å². The van der Waals surface area contributed by atoms with E-state index in [1.54, 1.807) is 19.4 Å². The third-order valence-corrected chi connectivity index (χ3v) is 9.74. The smallest absolute Gasteiger partial charge is 0.227 e. The fourth-order valence-corrected chi connectivity index (χ4v) is 7.34. The lowest BCUT2D eigenvalue weighted by Gasteiger charge is -2.44. The molecule has 1 aromatic carbocycles. The summed E-state index contributed by atoms with van der Waals surface area (Å²) >= 11 is 12.3. The number of anilines is 1. The highest BCUT2D eigenvalue weighted by Gasteiger charge is 2.39. The number of hydrogen-bond acceptors (Lipinski definition) is 8. The van der Waals surface area contributed by atoms with Crippen molar-refractivity contribution < 1.29 is 14.6 Å². The Hall–Kier alpha value is -2.98. The van der Waals surface area contributed by atoms with Crippen LogP contribution in [-0.2, 0) is 10.4 Å². The van der Waals surface area contributed by atoms with Crippen molar-refractivity contribution in [2.45, 2.75) is 50.2 Å². The minimum atomic E-state index is -0.853. The SMILES string of the molecule is COc1ccc([C@]2(O)CC[C@H](N3CCCC(C(=O)N4CCN(c5ccc(-c6cc(Cl)cc(Cl)c6)nn5)CC4)C3)CC2)cn1. The topological polar surface area (TPSA) is 94.9 Å². The first-order chi connectivity index (χ1) is 20.8. The van der Waals surface area contributed by atoms with Crippen LogP contribution in [0.1, 0.15) is 44.1 Å². The van der Waals surface area contributed by atoms with E-state index in [-0.39, 0.29) is 11.8 Å². The van der Waals surface area contributed by atoms with E-state index in [1.165, 1.54) is 0 Å². The molecule has 2 aromatic heterocycles. The summed E-state index contributed by atoms with van der Waals surface area (Å²) in [5.41, 5.74) is 1.54. The van der Waals surface area contributed by atoms with Crippen molar-refractivity contribution >= 4 is 34.9 Å². The van der Waals surface area contributed by atoms with Gasteiger partial charge < -0.3 is 19.6 Å². The minimum Gasteiger partial charge on any atom is -0.481 e. The molecule has 0 bridgehead atoms. The van der Waals surface area contributed by atoms with Gasteiger partial charge in [-0.1, -0.05) is 23.2 Å². The van der Waals surface area contributed by atoms with E-state index in [2.05, 4.69) is 25.0 Å². The van der Waals surface area contributed by atoms with Crippen molar-refractivity contribution in [2.24, 2.45) is 5.92 Å². The molecule has 228 valence electrons. The Bertz CT molecular complexity index is 1390. The number of aromatic nitrogens is 3. The maximum absolute atomic E-state index is 13.6. The van der Waals surface area contributed by atoms with Gasteiger partial charge >= 0.3 is 0 Å². The average molecular weight is 626 g/mol. The van der Waals surface area contributed by atoms with Crippen molar-refractivity contribution in [3.63, 3.8) is 0 Å². The molecule has 1 amide bonds. The number of aliphatic hydroxyl groups is 1. The molecule has 3 fully saturated rings. The number of nitrogens with zero attached hydrogens (tertiary/aromatic N) is 6. The summed E-state index contributed by atoms with van der Waals surface area (Å²) in [6.07, 6.45) is 6.90. The van der Waals surface area contributed by atoms with Crippen molar-refractivity contribution in [1.82, 2.24) is 25.0 Å². The highest BCUT2D eigenvalue weighted by Crippen LogP contribution is 2.39. The lowest BCUT2D eigenvalue weighted by molar-refractivity contribution is -0.138. The van der Waals surface area contributed by atoms with Crippen molar-refractivity contribution in [3.05, 3.63) is 64.3 Å². The van der Waals surface area contributed by atoms with Crippen LogP contribution >= 0.6 is 23.2 Å². The van der Waals surface area contributed by atoms with E-state index in [9.17, 15) is 9.90 Å². The predicted octanol–water partition coefficient (Wildman–Crippen LogP) is 5.05. The van der Waals surface area contributed by atoms with Gasteiger partial charge in [-0.3, -0.25) is 9.69 Å². The number of piperazine rings is 1. The number of benzene rings is 1. The molecule has 43 heavy (non-hydrogen) atoms. The Labute approximate surface area is 262 Å². The molecule has 11 heteroatoms. The van der Waals surface area contributed by atoms with E-state index >= 15 is 0 Å². The number of halogens is 2. The molecule has 1 unspecified atom stereocenters. The molecule has 2 aliphatic heterocycles. The molecule has 1 saturated carbocycles. The summed E-state index contributed by atoms with van der Waals surface area (Å²) in [6.45, 7) is 4.61. The molecule has 1 N–H and O–H groups in total. The number of pyridine rings is 1. The van der Waals surface area contributed by atoms with Crippen LogP contribution in [0.25, 0.3) is 11.3 Å². The van der Waals surface area contributed by atoms with Gasteiger partial charge in [0.1, 0.15) is 0 Å². The van der Waals surface area contributed by atoms with Crippen LogP contribution in [0.15, 0.2) is 48.7 Å². The van der Waals surface area contributed by atoms with Crippen molar-refractivity contribution in [3.8, 4) is 17.1 Å². The van der Waals surface area contributed by atoms with Crippen LogP contribution in [0.3, 0.4) is 0 Å². The molecule has 4 heterocycles. The number of carbonyl (C=O) groups is 1. The number of ether oxygens (including phenoxy) is 1. The average Bonchev–Trinajstić information content (AvgIpc) is 3.04. The molecule has 2 saturated heterocycles. The molecular weight excluding hydrogens is 587 g/mol. The van der Waals surface area contributed by atoms with Crippen LogP contribution in [0, 0.1) is 5.92 Å². The van der Waals surface area contributed by atoms with Gasteiger partial charge in [0, 0.05) is 72.2 Å². The zero-order chi connectivity index (χ0) is 30.0. The van der Waals surface area contributed by atoms with E-state index < -0.39 is 5.60 Å². The van der Waals surface area contributed by atoms with Gasteiger partial charge in [-0.25, -0.2) is 4.98 Å². The highest BCUT2D eigenvalue weighted by molar-refractivity contribution is 6.35. The van der Waals surface area contributed by atoms with Crippen LogP contribution in [0.2, 0.25) is 10.0 Å². The number of likely N-dealkylation sites (tertiary alicyclic amines) is 1. The second kappa shape index (κ2) is 12.9. The summed E-state index contributed by atoms with van der Waals surface area (Å²) in [6, 6.07) is 13.3. The molecule has 0 spiro atoms. The number of carbonyl (C=O) groups excluding carboxylic acids is 1. The summed E-state index contributed by atoms with van der Waals surface area (Å²) in [7, 11) is 1.59. The molecule has 0 radical (unpaired) electrons. The maximum atomic E-state index is 13.6. The largest absolute Gasteiger partial charge is 0.481 e. The van der Waals surface area contributed by atoms with Gasteiger partial charge in [0.25, 0.3) is 0 Å². The standard InChI is InChI=1S/C32H38Cl2N6O3/c1-43-30-7-4-24(20-35-30)32(42)10-8-27(9-11-32)40-12-2-3-22(21-40)31(41)39-15-13-38(14-16-39)29-6-5-28(36-37-29)23-17-25(33)19-26(34)18-23/h4-7,17-20,22,27,42H,2-3,8-16,21H2,1H3/t22?,27-,32-.